The SMILES string of the molecule is CCCCCNC(=O)C(c1ccccc1O)N(C(=O)C(CC(C)C)NC(=O)OC(C)(C)C)C(C)CCC(C)C. The molecule has 0 aliphatic heterocycles. The van der Waals surface area contributed by atoms with Crippen LogP contribution in [0.25, 0.3) is 0 Å². The number of aromatic hydroxyl groups is 1. The normalized spacial score (nSPS) is 14.0. The van der Waals surface area contributed by atoms with E-state index >= 15 is 0 Å². The summed E-state index contributed by atoms with van der Waals surface area (Å²) in [4.78, 5) is 42.5. The standard InChI is InChI=1S/C31H53N3O5/c1-10-11-14-19-32-28(36)27(24-15-12-13-16-26(24)35)34(23(6)18-17-21(2)3)29(37)25(20-22(4)5)33-30(38)39-31(7,8)9/h12-13,15-16,21-23,25,27,35H,10-11,14,17-20H2,1-9H3,(H,32,36)(H,33,38). The number of hydrogen-bond acceptors (Lipinski definition) is 5. The highest BCUT2D eigenvalue weighted by atomic mass is 16.6. The fourth-order valence-corrected chi connectivity index (χ4v) is 4.45. The summed E-state index contributed by atoms with van der Waals surface area (Å²) in [5.74, 6) is -0.281. The monoisotopic (exact) mass is 547 g/mol. The smallest absolute Gasteiger partial charge is 0.408 e. The van der Waals surface area contributed by atoms with Crippen LogP contribution in [0.2, 0.25) is 0 Å². The Kier molecular flexibility index (Phi) is 14.4. The number of alkyl carbamates (subject to hydrolysis) is 1. The van der Waals surface area contributed by atoms with E-state index in [-0.39, 0.29) is 29.5 Å². The largest absolute Gasteiger partial charge is 0.508 e. The molecule has 0 radical (unpaired) electrons. The third-order valence-corrected chi connectivity index (χ3v) is 6.42. The summed E-state index contributed by atoms with van der Waals surface area (Å²) in [6.45, 7) is 18.0. The minimum atomic E-state index is -1.06. The highest BCUT2D eigenvalue weighted by molar-refractivity contribution is 5.92. The number of rotatable bonds is 15. The Labute approximate surface area is 236 Å². The maximum atomic E-state index is 14.4. The number of phenolic OH excluding ortho intramolecular Hbond substituents is 1. The van der Waals surface area contributed by atoms with Gasteiger partial charge in [-0.05, 0) is 71.3 Å². The molecule has 3 atom stereocenters. The van der Waals surface area contributed by atoms with E-state index in [1.807, 2.05) is 20.8 Å². The molecule has 0 heterocycles. The van der Waals surface area contributed by atoms with Crippen LogP contribution in [-0.4, -0.2) is 52.1 Å². The van der Waals surface area contributed by atoms with Gasteiger partial charge in [-0.1, -0.05) is 65.7 Å². The molecule has 3 N–H and O–H groups in total. The first-order valence-corrected chi connectivity index (χ1v) is 14.5. The molecule has 0 fully saturated rings. The van der Waals surface area contributed by atoms with Crippen LogP contribution in [-0.2, 0) is 14.3 Å². The van der Waals surface area contributed by atoms with E-state index in [4.69, 9.17) is 4.74 Å². The fraction of sp³-hybridized carbons (Fsp3) is 0.710. The molecule has 0 aliphatic rings. The summed E-state index contributed by atoms with van der Waals surface area (Å²) >= 11 is 0. The topological polar surface area (TPSA) is 108 Å². The van der Waals surface area contributed by atoms with E-state index < -0.39 is 23.8 Å². The molecule has 8 nitrogen and oxygen atoms in total. The van der Waals surface area contributed by atoms with Crippen molar-refractivity contribution in [1.29, 1.82) is 0 Å². The van der Waals surface area contributed by atoms with E-state index in [0.29, 0.717) is 30.9 Å². The molecular weight excluding hydrogens is 494 g/mol. The van der Waals surface area contributed by atoms with E-state index in [1.54, 1.807) is 43.9 Å². The first-order chi connectivity index (χ1) is 18.2. The van der Waals surface area contributed by atoms with Gasteiger partial charge in [0.25, 0.3) is 0 Å². The lowest BCUT2D eigenvalue weighted by Crippen LogP contribution is -2.56. The van der Waals surface area contributed by atoms with Crippen LogP contribution in [0.15, 0.2) is 24.3 Å². The van der Waals surface area contributed by atoms with Crippen molar-refractivity contribution in [2.45, 2.75) is 125 Å². The molecule has 3 unspecified atom stereocenters. The molecule has 3 amide bonds. The fourth-order valence-electron chi connectivity index (χ4n) is 4.45. The number of hydrogen-bond donors (Lipinski definition) is 3. The van der Waals surface area contributed by atoms with Gasteiger partial charge in [0.1, 0.15) is 23.4 Å². The van der Waals surface area contributed by atoms with Gasteiger partial charge in [0.05, 0.1) is 0 Å². The van der Waals surface area contributed by atoms with Gasteiger partial charge in [-0.15, -0.1) is 0 Å². The zero-order chi connectivity index (χ0) is 29.8. The summed E-state index contributed by atoms with van der Waals surface area (Å²) < 4.78 is 5.47. The van der Waals surface area contributed by atoms with Crippen molar-refractivity contribution in [2.24, 2.45) is 11.8 Å². The second-order valence-electron chi connectivity index (χ2n) is 12.4. The number of phenols is 1. The molecule has 0 aromatic heterocycles. The Hall–Kier alpha value is -2.77. The summed E-state index contributed by atoms with van der Waals surface area (Å²) in [7, 11) is 0. The molecule has 1 aromatic rings. The summed E-state index contributed by atoms with van der Waals surface area (Å²) in [6.07, 6.45) is 4.02. The number of para-hydroxylation sites is 1. The van der Waals surface area contributed by atoms with Gasteiger partial charge >= 0.3 is 6.09 Å². The van der Waals surface area contributed by atoms with Crippen LogP contribution in [0.1, 0.15) is 112 Å². The number of ether oxygens (including phenoxy) is 1. The molecule has 0 saturated carbocycles. The van der Waals surface area contributed by atoms with Gasteiger partial charge in [0.2, 0.25) is 11.8 Å². The highest BCUT2D eigenvalue weighted by Crippen LogP contribution is 2.33. The van der Waals surface area contributed by atoms with E-state index in [9.17, 15) is 19.5 Å². The Morgan fingerprint density at radius 1 is 0.974 bits per heavy atom. The van der Waals surface area contributed by atoms with Crippen LogP contribution in [0.5, 0.6) is 5.75 Å². The molecule has 222 valence electrons. The molecule has 1 rings (SSSR count). The Morgan fingerprint density at radius 3 is 2.15 bits per heavy atom. The van der Waals surface area contributed by atoms with Crippen molar-refractivity contribution in [1.82, 2.24) is 15.5 Å². The lowest BCUT2D eigenvalue weighted by molar-refractivity contribution is -0.145. The van der Waals surface area contributed by atoms with Crippen LogP contribution in [0.3, 0.4) is 0 Å². The quantitative estimate of drug-likeness (QED) is 0.222. The van der Waals surface area contributed by atoms with Gasteiger partial charge in [-0.3, -0.25) is 9.59 Å². The van der Waals surface area contributed by atoms with Crippen LogP contribution in [0.4, 0.5) is 4.79 Å². The molecular formula is C31H53N3O5. The number of amides is 3. The molecule has 1 aromatic carbocycles. The summed E-state index contributed by atoms with van der Waals surface area (Å²) in [5, 5.41) is 16.6. The van der Waals surface area contributed by atoms with Crippen molar-refractivity contribution in [3.63, 3.8) is 0 Å². The van der Waals surface area contributed by atoms with Crippen molar-refractivity contribution >= 4 is 17.9 Å². The van der Waals surface area contributed by atoms with Gasteiger partial charge in [0.15, 0.2) is 0 Å². The second kappa shape index (κ2) is 16.4. The Balaban J connectivity index is 3.58. The molecule has 0 saturated heterocycles. The minimum Gasteiger partial charge on any atom is -0.508 e. The van der Waals surface area contributed by atoms with E-state index in [0.717, 1.165) is 25.7 Å². The lowest BCUT2D eigenvalue weighted by atomic mass is 9.95. The average molecular weight is 548 g/mol. The maximum Gasteiger partial charge on any atom is 0.408 e. The number of nitrogens with zero attached hydrogens (tertiary/aromatic N) is 1. The lowest BCUT2D eigenvalue weighted by Gasteiger charge is -2.39. The number of carbonyl (C=O) groups is 3. The number of nitrogens with one attached hydrogen (secondary N) is 2. The zero-order valence-electron chi connectivity index (χ0n) is 25.7. The molecule has 0 bridgehead atoms. The molecule has 0 spiro atoms. The predicted molar refractivity (Wildman–Crippen MR) is 156 cm³/mol. The second-order valence-corrected chi connectivity index (χ2v) is 12.4. The predicted octanol–water partition coefficient (Wildman–Crippen LogP) is 6.33. The van der Waals surface area contributed by atoms with Crippen molar-refractivity contribution in [3.05, 3.63) is 29.8 Å². The summed E-state index contributed by atoms with van der Waals surface area (Å²) in [6, 6.07) is 4.35. The minimum absolute atomic E-state index is 0.0550. The van der Waals surface area contributed by atoms with Gasteiger partial charge < -0.3 is 25.4 Å². The highest BCUT2D eigenvalue weighted by Gasteiger charge is 2.40. The average Bonchev–Trinajstić information content (AvgIpc) is 2.82. The molecule has 0 aliphatic carbocycles. The van der Waals surface area contributed by atoms with Gasteiger partial charge in [-0.2, -0.15) is 0 Å². The first-order valence-electron chi connectivity index (χ1n) is 14.5. The first kappa shape index (κ1) is 34.3. The third-order valence-electron chi connectivity index (χ3n) is 6.42. The van der Waals surface area contributed by atoms with Crippen LogP contribution >= 0.6 is 0 Å². The number of carbonyl (C=O) groups excluding carboxylic acids is 3. The Bertz CT molecular complexity index is 910. The third kappa shape index (κ3) is 12.3. The van der Waals surface area contributed by atoms with Crippen molar-refractivity contribution < 1.29 is 24.2 Å². The van der Waals surface area contributed by atoms with Gasteiger partial charge in [0, 0.05) is 18.2 Å². The number of benzene rings is 1. The zero-order valence-corrected chi connectivity index (χ0v) is 25.7. The van der Waals surface area contributed by atoms with Crippen LogP contribution in [0, 0.1) is 11.8 Å². The molecule has 8 heteroatoms. The number of unbranched alkanes of at least 4 members (excludes halogenated alkanes) is 2. The van der Waals surface area contributed by atoms with E-state index in [1.165, 1.54) is 6.07 Å². The van der Waals surface area contributed by atoms with Crippen LogP contribution < -0.4 is 10.6 Å². The molecule has 39 heavy (non-hydrogen) atoms. The summed E-state index contributed by atoms with van der Waals surface area (Å²) in [5.41, 5.74) is -0.368. The maximum absolute atomic E-state index is 14.4. The van der Waals surface area contributed by atoms with Crippen molar-refractivity contribution in [2.75, 3.05) is 6.54 Å². The Morgan fingerprint density at radius 2 is 1.62 bits per heavy atom. The van der Waals surface area contributed by atoms with E-state index in [2.05, 4.69) is 31.4 Å². The van der Waals surface area contributed by atoms with Crippen molar-refractivity contribution in [3.8, 4) is 5.75 Å². The van der Waals surface area contributed by atoms with Gasteiger partial charge in [-0.25, -0.2) is 4.79 Å².